The molecule has 0 radical (unpaired) electrons. The summed E-state index contributed by atoms with van der Waals surface area (Å²) >= 11 is 7.47. The Labute approximate surface area is 132 Å². The predicted molar refractivity (Wildman–Crippen MR) is 83.3 cm³/mol. The van der Waals surface area contributed by atoms with E-state index in [4.69, 9.17) is 11.6 Å². The van der Waals surface area contributed by atoms with E-state index in [1.54, 1.807) is 6.33 Å². The summed E-state index contributed by atoms with van der Waals surface area (Å²) < 4.78 is 0.755. The lowest BCUT2D eigenvalue weighted by atomic mass is 10.0. The van der Waals surface area contributed by atoms with Crippen molar-refractivity contribution in [2.75, 3.05) is 6.54 Å². The highest BCUT2D eigenvalue weighted by atomic mass is 35.5. The second-order valence-electron chi connectivity index (χ2n) is 5.02. The van der Waals surface area contributed by atoms with E-state index in [2.05, 4.69) is 15.3 Å². The Morgan fingerprint density at radius 1 is 1.57 bits per heavy atom. The SMILES string of the molecule is CCN(Cc1ccc(Cl)s1)C(=O)C1Cc2nc[nH]c2CN1. The van der Waals surface area contributed by atoms with Crippen molar-refractivity contribution in [1.82, 2.24) is 20.2 Å². The van der Waals surface area contributed by atoms with E-state index in [9.17, 15) is 4.79 Å². The monoisotopic (exact) mass is 324 g/mol. The third-order valence-electron chi connectivity index (χ3n) is 3.70. The maximum Gasteiger partial charge on any atom is 0.240 e. The van der Waals surface area contributed by atoms with Gasteiger partial charge in [-0.15, -0.1) is 11.3 Å². The summed E-state index contributed by atoms with van der Waals surface area (Å²) in [5.41, 5.74) is 2.06. The Morgan fingerprint density at radius 2 is 2.43 bits per heavy atom. The molecule has 1 aliphatic heterocycles. The van der Waals surface area contributed by atoms with Crippen molar-refractivity contribution in [3.8, 4) is 0 Å². The minimum Gasteiger partial charge on any atom is -0.347 e. The molecule has 0 aliphatic carbocycles. The van der Waals surface area contributed by atoms with Gasteiger partial charge in [-0.1, -0.05) is 11.6 Å². The van der Waals surface area contributed by atoms with E-state index in [0.29, 0.717) is 26.1 Å². The van der Waals surface area contributed by atoms with Crippen LogP contribution in [0.2, 0.25) is 4.34 Å². The van der Waals surface area contributed by atoms with Crippen LogP contribution in [0.3, 0.4) is 0 Å². The summed E-state index contributed by atoms with van der Waals surface area (Å²) in [4.78, 5) is 23.0. The third kappa shape index (κ3) is 3.12. The molecule has 0 bridgehead atoms. The van der Waals surface area contributed by atoms with Gasteiger partial charge < -0.3 is 9.88 Å². The summed E-state index contributed by atoms with van der Waals surface area (Å²) in [6.45, 7) is 3.95. The van der Waals surface area contributed by atoms with Crippen LogP contribution in [0.15, 0.2) is 18.5 Å². The van der Waals surface area contributed by atoms with Gasteiger partial charge >= 0.3 is 0 Å². The fraction of sp³-hybridized carbons (Fsp3) is 0.429. The van der Waals surface area contributed by atoms with Crippen LogP contribution in [0, 0.1) is 0 Å². The molecule has 1 atom stereocenters. The van der Waals surface area contributed by atoms with Crippen molar-refractivity contribution >= 4 is 28.8 Å². The highest BCUT2D eigenvalue weighted by molar-refractivity contribution is 7.16. The second-order valence-corrected chi connectivity index (χ2v) is 6.82. The molecule has 2 aromatic rings. The fourth-order valence-electron chi connectivity index (χ4n) is 2.53. The first-order valence-electron chi connectivity index (χ1n) is 6.95. The number of carbonyl (C=O) groups excluding carboxylic acids is 1. The van der Waals surface area contributed by atoms with Gasteiger partial charge in [0.25, 0.3) is 0 Å². The fourth-order valence-corrected chi connectivity index (χ4v) is 3.64. The Morgan fingerprint density at radius 3 is 3.14 bits per heavy atom. The van der Waals surface area contributed by atoms with Crippen molar-refractivity contribution in [2.24, 2.45) is 0 Å². The summed E-state index contributed by atoms with van der Waals surface area (Å²) in [7, 11) is 0. The van der Waals surface area contributed by atoms with E-state index in [1.807, 2.05) is 24.0 Å². The van der Waals surface area contributed by atoms with E-state index >= 15 is 0 Å². The number of likely N-dealkylation sites (N-methyl/N-ethyl adjacent to an activating group) is 1. The molecule has 2 aromatic heterocycles. The number of halogens is 1. The lowest BCUT2D eigenvalue weighted by molar-refractivity contribution is -0.134. The van der Waals surface area contributed by atoms with Crippen LogP contribution in [0.4, 0.5) is 0 Å². The van der Waals surface area contributed by atoms with Crippen LogP contribution in [-0.4, -0.2) is 33.4 Å². The van der Waals surface area contributed by atoms with Crippen LogP contribution in [0.1, 0.15) is 23.2 Å². The first kappa shape index (κ1) is 14.6. The largest absolute Gasteiger partial charge is 0.347 e. The van der Waals surface area contributed by atoms with Gasteiger partial charge in [-0.25, -0.2) is 4.98 Å². The van der Waals surface area contributed by atoms with Crippen molar-refractivity contribution in [3.63, 3.8) is 0 Å². The van der Waals surface area contributed by atoms with Gasteiger partial charge in [0.15, 0.2) is 0 Å². The van der Waals surface area contributed by atoms with Crippen LogP contribution in [0.5, 0.6) is 0 Å². The van der Waals surface area contributed by atoms with Gasteiger partial charge in [-0.2, -0.15) is 0 Å². The molecule has 2 N–H and O–H groups in total. The Hall–Kier alpha value is -1.37. The van der Waals surface area contributed by atoms with Crippen molar-refractivity contribution in [2.45, 2.75) is 32.5 Å². The van der Waals surface area contributed by atoms with Crippen LogP contribution in [0.25, 0.3) is 0 Å². The standard InChI is InChI=1S/C14H17ClN4OS/c1-2-19(7-9-3-4-13(15)21-9)14(20)11-5-10-12(6-16-11)18-8-17-10/h3-4,8,11,16H,2,5-7H2,1H3,(H,17,18). The third-order valence-corrected chi connectivity index (χ3v) is 4.91. The highest BCUT2D eigenvalue weighted by Crippen LogP contribution is 2.23. The molecule has 1 amide bonds. The summed E-state index contributed by atoms with van der Waals surface area (Å²) in [5, 5.41) is 3.28. The topological polar surface area (TPSA) is 61.0 Å². The zero-order valence-electron chi connectivity index (χ0n) is 11.7. The molecule has 1 unspecified atom stereocenters. The van der Waals surface area contributed by atoms with Crippen LogP contribution in [-0.2, 0) is 24.3 Å². The number of hydrogen-bond acceptors (Lipinski definition) is 4. The van der Waals surface area contributed by atoms with Gasteiger partial charge in [-0.3, -0.25) is 10.1 Å². The van der Waals surface area contributed by atoms with Gasteiger partial charge in [-0.05, 0) is 19.1 Å². The van der Waals surface area contributed by atoms with Gasteiger partial charge in [0.2, 0.25) is 5.91 Å². The number of thiophene rings is 1. The average Bonchev–Trinajstić information content (AvgIpc) is 3.11. The number of hydrogen-bond donors (Lipinski definition) is 2. The van der Waals surface area contributed by atoms with Crippen molar-refractivity contribution in [3.05, 3.63) is 39.1 Å². The molecular weight excluding hydrogens is 308 g/mol. The summed E-state index contributed by atoms with van der Waals surface area (Å²) in [6.07, 6.45) is 2.32. The Kier molecular flexibility index (Phi) is 4.28. The summed E-state index contributed by atoms with van der Waals surface area (Å²) in [5.74, 6) is 0.121. The number of H-pyrrole nitrogens is 1. The smallest absolute Gasteiger partial charge is 0.240 e. The van der Waals surface area contributed by atoms with Gasteiger partial charge in [0, 0.05) is 24.4 Å². The highest BCUT2D eigenvalue weighted by Gasteiger charge is 2.28. The number of imidazole rings is 1. The van der Waals surface area contributed by atoms with Gasteiger partial charge in [0.05, 0.1) is 34.6 Å². The number of aromatic nitrogens is 2. The normalized spacial score (nSPS) is 17.5. The molecule has 5 nitrogen and oxygen atoms in total. The van der Waals surface area contributed by atoms with Crippen molar-refractivity contribution < 1.29 is 4.79 Å². The van der Waals surface area contributed by atoms with E-state index in [1.165, 1.54) is 11.3 Å². The Balaban J connectivity index is 1.68. The van der Waals surface area contributed by atoms with E-state index in [0.717, 1.165) is 20.6 Å². The van der Waals surface area contributed by atoms with E-state index < -0.39 is 0 Å². The number of fused-ring (bicyclic) bond motifs is 1. The maximum atomic E-state index is 12.7. The molecule has 0 spiro atoms. The molecule has 0 saturated carbocycles. The molecule has 21 heavy (non-hydrogen) atoms. The van der Waals surface area contributed by atoms with Gasteiger partial charge in [0.1, 0.15) is 0 Å². The molecule has 7 heteroatoms. The predicted octanol–water partition coefficient (Wildman–Crippen LogP) is 2.19. The quantitative estimate of drug-likeness (QED) is 0.906. The maximum absolute atomic E-state index is 12.7. The number of aromatic amines is 1. The minimum absolute atomic E-state index is 0.121. The molecule has 0 saturated heterocycles. The number of nitrogens with one attached hydrogen (secondary N) is 2. The molecule has 112 valence electrons. The second kappa shape index (κ2) is 6.17. The molecule has 0 fully saturated rings. The van der Waals surface area contributed by atoms with Crippen LogP contribution < -0.4 is 5.32 Å². The van der Waals surface area contributed by atoms with E-state index in [-0.39, 0.29) is 11.9 Å². The number of carbonyl (C=O) groups is 1. The lowest BCUT2D eigenvalue weighted by Crippen LogP contribution is -2.49. The minimum atomic E-state index is -0.198. The molecular formula is C14H17ClN4OS. The number of rotatable bonds is 4. The lowest BCUT2D eigenvalue weighted by Gasteiger charge is -2.28. The first-order chi connectivity index (χ1) is 10.2. The Bertz CT molecular complexity index is 638. The summed E-state index contributed by atoms with van der Waals surface area (Å²) in [6, 6.07) is 3.65. The molecule has 3 heterocycles. The number of nitrogens with zero attached hydrogens (tertiary/aromatic N) is 2. The number of amides is 1. The molecule has 0 aromatic carbocycles. The molecule has 3 rings (SSSR count). The average molecular weight is 325 g/mol. The molecule has 1 aliphatic rings. The zero-order chi connectivity index (χ0) is 14.8. The van der Waals surface area contributed by atoms with Crippen LogP contribution >= 0.6 is 22.9 Å². The first-order valence-corrected chi connectivity index (χ1v) is 8.14. The van der Waals surface area contributed by atoms with Crippen molar-refractivity contribution in [1.29, 1.82) is 0 Å². The zero-order valence-corrected chi connectivity index (χ0v) is 13.3.